The van der Waals surface area contributed by atoms with Gasteiger partial charge in [-0.3, -0.25) is 4.79 Å². The fourth-order valence-corrected chi connectivity index (χ4v) is 5.62. The SMILES string of the molecule is CC1CC2CC(C)CC2(C(=O)OC(C)(C)C2CCNCC2)C1. The molecular weight excluding hydrogens is 274 g/mol. The summed E-state index contributed by atoms with van der Waals surface area (Å²) in [7, 11) is 0. The molecule has 0 bridgehead atoms. The highest BCUT2D eigenvalue weighted by molar-refractivity contribution is 5.78. The van der Waals surface area contributed by atoms with E-state index in [0.717, 1.165) is 38.8 Å². The van der Waals surface area contributed by atoms with Crippen molar-refractivity contribution in [2.75, 3.05) is 13.1 Å². The van der Waals surface area contributed by atoms with Gasteiger partial charge in [-0.25, -0.2) is 0 Å². The van der Waals surface area contributed by atoms with Gasteiger partial charge in [-0.2, -0.15) is 0 Å². The van der Waals surface area contributed by atoms with Gasteiger partial charge >= 0.3 is 5.97 Å². The Bertz CT molecular complexity index is 411. The molecule has 126 valence electrons. The molecule has 2 aliphatic carbocycles. The van der Waals surface area contributed by atoms with Crippen molar-refractivity contribution in [3.63, 3.8) is 0 Å². The maximum atomic E-state index is 13.2. The van der Waals surface area contributed by atoms with E-state index < -0.39 is 0 Å². The number of ether oxygens (including phenoxy) is 1. The third kappa shape index (κ3) is 2.81. The summed E-state index contributed by atoms with van der Waals surface area (Å²) in [6, 6.07) is 0. The molecule has 22 heavy (non-hydrogen) atoms. The maximum Gasteiger partial charge on any atom is 0.312 e. The monoisotopic (exact) mass is 307 g/mol. The topological polar surface area (TPSA) is 38.3 Å². The highest BCUT2D eigenvalue weighted by Gasteiger charge is 2.57. The molecule has 3 nitrogen and oxygen atoms in total. The van der Waals surface area contributed by atoms with Gasteiger partial charge in [-0.05, 0) is 83.2 Å². The minimum atomic E-state index is -0.323. The van der Waals surface area contributed by atoms with Gasteiger partial charge in [0.05, 0.1) is 5.41 Å². The van der Waals surface area contributed by atoms with Gasteiger partial charge in [-0.15, -0.1) is 0 Å². The molecule has 0 aromatic heterocycles. The molecule has 0 aromatic carbocycles. The molecule has 1 heterocycles. The Morgan fingerprint density at radius 3 is 2.18 bits per heavy atom. The van der Waals surface area contributed by atoms with Crippen LogP contribution in [-0.2, 0) is 9.53 Å². The quantitative estimate of drug-likeness (QED) is 0.807. The van der Waals surface area contributed by atoms with Crippen LogP contribution in [0.2, 0.25) is 0 Å². The Kier molecular flexibility index (Phi) is 4.30. The van der Waals surface area contributed by atoms with E-state index >= 15 is 0 Å². The average molecular weight is 307 g/mol. The first-order valence-corrected chi connectivity index (χ1v) is 9.27. The van der Waals surface area contributed by atoms with Crippen LogP contribution in [0.25, 0.3) is 0 Å². The number of nitrogens with one attached hydrogen (secondary N) is 1. The molecule has 3 rings (SSSR count). The zero-order chi connectivity index (χ0) is 16.0. The first-order chi connectivity index (χ1) is 10.3. The number of esters is 1. The molecule has 3 aliphatic rings. The molecule has 2 atom stereocenters. The number of piperidine rings is 1. The summed E-state index contributed by atoms with van der Waals surface area (Å²) in [5.74, 6) is 2.52. The van der Waals surface area contributed by atoms with Gasteiger partial charge in [0.25, 0.3) is 0 Å². The van der Waals surface area contributed by atoms with Crippen molar-refractivity contribution in [1.82, 2.24) is 5.32 Å². The van der Waals surface area contributed by atoms with Crippen LogP contribution in [0.1, 0.15) is 66.2 Å². The number of fused-ring (bicyclic) bond motifs is 1. The number of carbonyl (C=O) groups is 1. The highest BCUT2D eigenvalue weighted by atomic mass is 16.6. The summed E-state index contributed by atoms with van der Waals surface area (Å²) in [5, 5.41) is 3.40. The van der Waals surface area contributed by atoms with Gasteiger partial charge in [-0.1, -0.05) is 13.8 Å². The molecular formula is C19H33NO2. The zero-order valence-electron chi connectivity index (χ0n) is 14.8. The Balaban J connectivity index is 1.72. The van der Waals surface area contributed by atoms with Crippen molar-refractivity contribution >= 4 is 5.97 Å². The predicted molar refractivity (Wildman–Crippen MR) is 88.5 cm³/mol. The third-order valence-corrected chi connectivity index (χ3v) is 6.67. The zero-order valence-corrected chi connectivity index (χ0v) is 14.8. The van der Waals surface area contributed by atoms with E-state index in [-0.39, 0.29) is 17.0 Å². The molecule has 0 spiro atoms. The third-order valence-electron chi connectivity index (χ3n) is 6.67. The lowest BCUT2D eigenvalue weighted by molar-refractivity contribution is -0.177. The van der Waals surface area contributed by atoms with Crippen molar-refractivity contribution in [1.29, 1.82) is 0 Å². The standard InChI is InChI=1S/C19H33NO2/c1-13-9-16-10-14(2)12-19(16,11-13)17(21)22-18(3,4)15-5-7-20-8-6-15/h13-16,20H,5-12H2,1-4H3. The average Bonchev–Trinajstić information content (AvgIpc) is 2.91. The number of rotatable bonds is 3. The van der Waals surface area contributed by atoms with Crippen LogP contribution in [-0.4, -0.2) is 24.7 Å². The van der Waals surface area contributed by atoms with Crippen molar-refractivity contribution < 1.29 is 9.53 Å². The van der Waals surface area contributed by atoms with Crippen LogP contribution in [0.5, 0.6) is 0 Å². The lowest BCUT2D eigenvalue weighted by Gasteiger charge is -2.39. The summed E-state index contributed by atoms with van der Waals surface area (Å²) in [6.45, 7) is 11.0. The van der Waals surface area contributed by atoms with Gasteiger partial charge in [0.15, 0.2) is 0 Å². The predicted octanol–water partition coefficient (Wildman–Crippen LogP) is 3.77. The van der Waals surface area contributed by atoms with Gasteiger partial charge in [0, 0.05) is 5.92 Å². The summed E-state index contributed by atoms with van der Waals surface area (Å²) in [5.41, 5.74) is -0.487. The van der Waals surface area contributed by atoms with Crippen LogP contribution in [0, 0.1) is 29.1 Å². The van der Waals surface area contributed by atoms with Crippen molar-refractivity contribution in [3.05, 3.63) is 0 Å². The van der Waals surface area contributed by atoms with E-state index in [1.54, 1.807) is 0 Å². The largest absolute Gasteiger partial charge is 0.459 e. The van der Waals surface area contributed by atoms with Crippen LogP contribution in [0.15, 0.2) is 0 Å². The number of hydrogen-bond donors (Lipinski definition) is 1. The van der Waals surface area contributed by atoms with E-state index in [4.69, 9.17) is 4.74 Å². The van der Waals surface area contributed by atoms with Crippen LogP contribution in [0.3, 0.4) is 0 Å². The molecule has 1 N–H and O–H groups in total. The molecule has 3 fully saturated rings. The molecule has 0 aromatic rings. The molecule has 3 heteroatoms. The van der Waals surface area contributed by atoms with Crippen molar-refractivity contribution in [2.24, 2.45) is 29.1 Å². The first kappa shape index (κ1) is 16.3. The van der Waals surface area contributed by atoms with Crippen LogP contribution in [0.4, 0.5) is 0 Å². The second-order valence-corrected chi connectivity index (χ2v) is 8.96. The summed E-state index contributed by atoms with van der Waals surface area (Å²) >= 11 is 0. The second-order valence-electron chi connectivity index (χ2n) is 8.96. The van der Waals surface area contributed by atoms with E-state index in [1.807, 2.05) is 0 Å². The number of hydrogen-bond acceptors (Lipinski definition) is 3. The van der Waals surface area contributed by atoms with E-state index in [2.05, 4.69) is 33.0 Å². The van der Waals surface area contributed by atoms with Crippen LogP contribution < -0.4 is 5.32 Å². The summed E-state index contributed by atoms with van der Waals surface area (Å²) in [6.07, 6.45) is 6.75. The lowest BCUT2D eigenvalue weighted by Crippen LogP contribution is -2.46. The van der Waals surface area contributed by atoms with E-state index in [1.165, 1.54) is 12.8 Å². The highest BCUT2D eigenvalue weighted by Crippen LogP contribution is 2.59. The van der Waals surface area contributed by atoms with E-state index in [0.29, 0.717) is 23.7 Å². The molecule has 0 amide bonds. The molecule has 1 saturated heterocycles. The van der Waals surface area contributed by atoms with Gasteiger partial charge in [0.1, 0.15) is 5.60 Å². The lowest BCUT2D eigenvalue weighted by atomic mass is 9.78. The van der Waals surface area contributed by atoms with Crippen molar-refractivity contribution in [3.8, 4) is 0 Å². The molecule has 2 unspecified atom stereocenters. The fraction of sp³-hybridized carbons (Fsp3) is 0.947. The summed E-state index contributed by atoms with van der Waals surface area (Å²) < 4.78 is 6.20. The second kappa shape index (κ2) is 5.81. The van der Waals surface area contributed by atoms with Crippen molar-refractivity contribution in [2.45, 2.75) is 71.8 Å². The Hall–Kier alpha value is -0.570. The molecule has 0 radical (unpaired) electrons. The van der Waals surface area contributed by atoms with Gasteiger partial charge < -0.3 is 10.1 Å². The minimum Gasteiger partial charge on any atom is -0.459 e. The fourth-order valence-electron chi connectivity index (χ4n) is 5.62. The van der Waals surface area contributed by atoms with E-state index in [9.17, 15) is 4.79 Å². The number of carbonyl (C=O) groups excluding carboxylic acids is 1. The normalized spacial score (nSPS) is 39.7. The molecule has 2 saturated carbocycles. The van der Waals surface area contributed by atoms with Gasteiger partial charge in [0.2, 0.25) is 0 Å². The molecule has 1 aliphatic heterocycles. The summed E-state index contributed by atoms with van der Waals surface area (Å²) in [4.78, 5) is 13.2. The first-order valence-electron chi connectivity index (χ1n) is 9.27. The van der Waals surface area contributed by atoms with Crippen LogP contribution >= 0.6 is 0 Å². The maximum absolute atomic E-state index is 13.2. The smallest absolute Gasteiger partial charge is 0.312 e. The Labute approximate surface area is 135 Å². The minimum absolute atomic E-state index is 0.120. The Morgan fingerprint density at radius 2 is 1.64 bits per heavy atom. The Morgan fingerprint density at radius 1 is 1.09 bits per heavy atom.